The van der Waals surface area contributed by atoms with Crippen LogP contribution in [0.3, 0.4) is 0 Å². The predicted octanol–water partition coefficient (Wildman–Crippen LogP) is 3.88. The van der Waals surface area contributed by atoms with Crippen molar-refractivity contribution in [2.24, 2.45) is 0 Å². The summed E-state index contributed by atoms with van der Waals surface area (Å²) in [5, 5.41) is 20.9. The first-order chi connectivity index (χ1) is 13.9. The minimum atomic E-state index is -1.29. The normalized spacial score (nSPS) is 10.4. The van der Waals surface area contributed by atoms with E-state index in [0.29, 0.717) is 21.7 Å². The van der Waals surface area contributed by atoms with Gasteiger partial charge in [0.15, 0.2) is 17.2 Å². The van der Waals surface area contributed by atoms with Gasteiger partial charge in [0.05, 0.1) is 4.88 Å². The number of benzene rings is 1. The summed E-state index contributed by atoms with van der Waals surface area (Å²) in [7, 11) is 0. The van der Waals surface area contributed by atoms with Gasteiger partial charge in [-0.1, -0.05) is 23.7 Å². The lowest BCUT2D eigenvalue weighted by Crippen LogP contribution is -2.11. The third-order valence-corrected chi connectivity index (χ3v) is 5.35. The Kier molecular flexibility index (Phi) is 6.10. The number of nitrogens with one attached hydrogen (secondary N) is 1. The smallest absolute Gasteiger partial charge is 0.349 e. The van der Waals surface area contributed by atoms with Crippen molar-refractivity contribution in [1.82, 2.24) is 4.98 Å². The number of amides is 1. The van der Waals surface area contributed by atoms with Gasteiger partial charge >= 0.3 is 11.9 Å². The van der Waals surface area contributed by atoms with Crippen LogP contribution in [0.1, 0.15) is 20.0 Å². The van der Waals surface area contributed by atoms with E-state index in [9.17, 15) is 19.5 Å². The van der Waals surface area contributed by atoms with E-state index in [0.717, 1.165) is 11.3 Å². The molecule has 29 heavy (non-hydrogen) atoms. The van der Waals surface area contributed by atoms with E-state index in [1.165, 1.54) is 12.4 Å². The van der Waals surface area contributed by atoms with Gasteiger partial charge < -0.3 is 20.3 Å². The Hall–Kier alpha value is -3.43. The van der Waals surface area contributed by atoms with Gasteiger partial charge in [0.1, 0.15) is 5.02 Å². The zero-order valence-corrected chi connectivity index (χ0v) is 16.2. The SMILES string of the molecule is O=C(O)COc1c(C(=O)O)sc(-c2cccc(NC(=O)c3ccncc3)c2)c1Cl. The molecule has 0 fully saturated rings. The van der Waals surface area contributed by atoms with Crippen LogP contribution < -0.4 is 10.1 Å². The highest BCUT2D eigenvalue weighted by atomic mass is 35.5. The van der Waals surface area contributed by atoms with Crippen molar-refractivity contribution in [3.05, 3.63) is 64.3 Å². The average Bonchev–Trinajstić information content (AvgIpc) is 3.04. The zero-order valence-electron chi connectivity index (χ0n) is 14.6. The number of carboxylic acids is 2. The number of ether oxygens (including phenoxy) is 1. The molecule has 2 aromatic heterocycles. The molecular formula is C19H13ClN2O6S. The standard InChI is InChI=1S/C19H13ClN2O6S/c20-14-15(28-9-13(23)24)17(19(26)27)29-16(14)11-2-1-3-12(8-11)22-18(25)10-4-6-21-7-5-10/h1-8H,9H2,(H,22,25)(H,23,24)(H,26,27). The fourth-order valence-electron chi connectivity index (χ4n) is 2.43. The summed E-state index contributed by atoms with van der Waals surface area (Å²) in [4.78, 5) is 38.6. The van der Waals surface area contributed by atoms with Gasteiger partial charge in [-0.2, -0.15) is 0 Å². The highest BCUT2D eigenvalue weighted by molar-refractivity contribution is 7.18. The Morgan fingerprint density at radius 3 is 2.52 bits per heavy atom. The number of rotatable bonds is 7. The number of thiophene rings is 1. The lowest BCUT2D eigenvalue weighted by Gasteiger charge is -2.07. The Morgan fingerprint density at radius 1 is 1.14 bits per heavy atom. The van der Waals surface area contributed by atoms with Crippen LogP contribution in [0.4, 0.5) is 5.69 Å². The first-order valence-corrected chi connectivity index (χ1v) is 9.28. The molecule has 3 N–H and O–H groups in total. The number of aliphatic carboxylic acids is 1. The second-order valence-corrected chi connectivity index (χ2v) is 7.06. The van der Waals surface area contributed by atoms with E-state index in [4.69, 9.17) is 21.4 Å². The van der Waals surface area contributed by atoms with Crippen LogP contribution >= 0.6 is 22.9 Å². The molecule has 0 bridgehead atoms. The van der Waals surface area contributed by atoms with E-state index in [1.54, 1.807) is 36.4 Å². The maximum absolute atomic E-state index is 12.3. The second kappa shape index (κ2) is 8.72. The number of hydrogen-bond donors (Lipinski definition) is 3. The number of carboxylic acid groups (broad SMARTS) is 2. The fraction of sp³-hybridized carbons (Fsp3) is 0.0526. The topological polar surface area (TPSA) is 126 Å². The predicted molar refractivity (Wildman–Crippen MR) is 107 cm³/mol. The molecule has 1 amide bonds. The number of anilines is 1. The van der Waals surface area contributed by atoms with E-state index < -0.39 is 18.5 Å². The molecule has 0 aliphatic heterocycles. The lowest BCUT2D eigenvalue weighted by molar-refractivity contribution is -0.139. The molecule has 0 atom stereocenters. The summed E-state index contributed by atoms with van der Waals surface area (Å²) >= 11 is 7.13. The third kappa shape index (κ3) is 4.71. The first-order valence-electron chi connectivity index (χ1n) is 8.08. The summed E-state index contributed by atoms with van der Waals surface area (Å²) in [6.45, 7) is -0.724. The van der Waals surface area contributed by atoms with Crippen LogP contribution in [0.2, 0.25) is 5.02 Å². The van der Waals surface area contributed by atoms with E-state index in [2.05, 4.69) is 10.3 Å². The molecular weight excluding hydrogens is 420 g/mol. The molecule has 10 heteroatoms. The molecule has 8 nitrogen and oxygen atoms in total. The van der Waals surface area contributed by atoms with Gasteiger partial charge in [0.25, 0.3) is 5.91 Å². The van der Waals surface area contributed by atoms with Crippen molar-refractivity contribution in [2.45, 2.75) is 0 Å². The minimum absolute atomic E-state index is 0.00809. The summed E-state index contributed by atoms with van der Waals surface area (Å²) in [6, 6.07) is 9.80. The molecule has 148 valence electrons. The summed E-state index contributed by atoms with van der Waals surface area (Å²) in [6.07, 6.45) is 3.01. The molecule has 0 unspecified atom stereocenters. The largest absolute Gasteiger partial charge is 0.479 e. The van der Waals surface area contributed by atoms with Crippen LogP contribution in [-0.4, -0.2) is 39.6 Å². The molecule has 0 aliphatic rings. The van der Waals surface area contributed by atoms with E-state index >= 15 is 0 Å². The molecule has 0 saturated heterocycles. The molecule has 3 rings (SSSR count). The molecule has 0 radical (unpaired) electrons. The lowest BCUT2D eigenvalue weighted by atomic mass is 10.1. The quantitative estimate of drug-likeness (QED) is 0.517. The van der Waals surface area contributed by atoms with Crippen LogP contribution in [-0.2, 0) is 4.79 Å². The average molecular weight is 433 g/mol. The summed E-state index contributed by atoms with van der Waals surface area (Å²) in [5.74, 6) is -3.08. The van der Waals surface area contributed by atoms with Crippen LogP contribution in [0.5, 0.6) is 5.75 Å². The van der Waals surface area contributed by atoms with Gasteiger partial charge in [-0.25, -0.2) is 9.59 Å². The van der Waals surface area contributed by atoms with Crippen LogP contribution in [0.15, 0.2) is 48.8 Å². The monoisotopic (exact) mass is 432 g/mol. The fourth-order valence-corrected chi connectivity index (χ4v) is 3.83. The minimum Gasteiger partial charge on any atom is -0.479 e. The first kappa shape index (κ1) is 20.3. The van der Waals surface area contributed by atoms with Gasteiger partial charge in [-0.05, 0) is 29.8 Å². The van der Waals surface area contributed by atoms with E-state index in [-0.39, 0.29) is 21.6 Å². The molecule has 0 saturated carbocycles. The van der Waals surface area contributed by atoms with E-state index in [1.807, 2.05) is 0 Å². The van der Waals surface area contributed by atoms with Gasteiger partial charge in [-0.3, -0.25) is 9.78 Å². The molecule has 3 aromatic rings. The Morgan fingerprint density at radius 2 is 1.86 bits per heavy atom. The van der Waals surface area contributed by atoms with Gasteiger partial charge in [0.2, 0.25) is 0 Å². The van der Waals surface area contributed by atoms with Crippen LogP contribution in [0, 0.1) is 0 Å². The van der Waals surface area contributed by atoms with Gasteiger partial charge in [-0.15, -0.1) is 11.3 Å². The number of pyridine rings is 1. The van der Waals surface area contributed by atoms with Gasteiger partial charge in [0, 0.05) is 23.6 Å². The highest BCUT2D eigenvalue weighted by Gasteiger charge is 2.24. The maximum atomic E-state index is 12.3. The molecule has 1 aromatic carbocycles. The molecule has 2 heterocycles. The van der Waals surface area contributed by atoms with Crippen molar-refractivity contribution in [2.75, 3.05) is 11.9 Å². The molecule has 0 spiro atoms. The van der Waals surface area contributed by atoms with Crippen molar-refractivity contribution in [1.29, 1.82) is 0 Å². The number of halogens is 1. The van der Waals surface area contributed by atoms with Crippen molar-refractivity contribution in [3.63, 3.8) is 0 Å². The maximum Gasteiger partial charge on any atom is 0.349 e. The Balaban J connectivity index is 1.92. The number of aromatic nitrogens is 1. The third-order valence-electron chi connectivity index (χ3n) is 3.67. The Bertz CT molecular complexity index is 1080. The Labute approximate surface area is 173 Å². The number of carbonyl (C=O) groups is 3. The summed E-state index contributed by atoms with van der Waals surface area (Å²) in [5.41, 5.74) is 1.44. The van der Waals surface area contributed by atoms with Crippen molar-refractivity contribution >= 4 is 46.5 Å². The number of nitrogens with zero attached hydrogens (tertiary/aromatic N) is 1. The number of aromatic carboxylic acids is 1. The van der Waals surface area contributed by atoms with Crippen molar-refractivity contribution in [3.8, 4) is 16.2 Å². The van der Waals surface area contributed by atoms with Crippen LogP contribution in [0.25, 0.3) is 10.4 Å². The van der Waals surface area contributed by atoms with Crippen molar-refractivity contribution < 1.29 is 29.3 Å². The zero-order chi connectivity index (χ0) is 21.0. The highest BCUT2D eigenvalue weighted by Crippen LogP contribution is 2.45. The number of carbonyl (C=O) groups excluding carboxylic acids is 1. The second-order valence-electron chi connectivity index (χ2n) is 5.66. The molecule has 0 aliphatic carbocycles. The summed E-state index contributed by atoms with van der Waals surface area (Å²) < 4.78 is 5.07. The number of hydrogen-bond acceptors (Lipinski definition) is 6.